The molecule has 3 rings (SSSR count). The van der Waals surface area contributed by atoms with Gasteiger partial charge in [0.15, 0.2) is 0 Å². The third-order valence-electron chi connectivity index (χ3n) is 4.38. The van der Waals surface area contributed by atoms with Crippen LogP contribution in [0.2, 0.25) is 0 Å². The molecule has 1 heterocycles. The minimum absolute atomic E-state index is 0.00926. The smallest absolute Gasteiger partial charge is 0.246 e. The van der Waals surface area contributed by atoms with Crippen LogP contribution in [0.5, 0.6) is 5.75 Å². The minimum Gasteiger partial charge on any atom is -0.497 e. The molecular formula is C20H22N2O3S. The summed E-state index contributed by atoms with van der Waals surface area (Å²) in [7, 11) is 1.60. The summed E-state index contributed by atoms with van der Waals surface area (Å²) in [5.41, 5.74) is 0.798. The standard InChI is InChI=1S/C20H22N2O3S/c1-15-12-22(16-7-6-8-17(11-16)25-2)19(23)13-21(15)20(24)14-26-18-9-4-3-5-10-18/h3-11,15H,12-14H2,1-2H3. The molecule has 1 saturated heterocycles. The number of ether oxygens (including phenoxy) is 1. The zero-order valence-electron chi connectivity index (χ0n) is 14.9. The molecule has 0 aromatic heterocycles. The van der Waals surface area contributed by atoms with Gasteiger partial charge < -0.3 is 14.5 Å². The fourth-order valence-electron chi connectivity index (χ4n) is 2.96. The Morgan fingerprint density at radius 3 is 2.69 bits per heavy atom. The number of rotatable bonds is 5. The fourth-order valence-corrected chi connectivity index (χ4v) is 3.76. The number of amides is 2. The second kappa shape index (κ2) is 8.27. The second-order valence-electron chi connectivity index (χ2n) is 6.18. The van der Waals surface area contributed by atoms with Gasteiger partial charge in [-0.15, -0.1) is 11.8 Å². The first kappa shape index (κ1) is 18.3. The molecule has 136 valence electrons. The lowest BCUT2D eigenvalue weighted by atomic mass is 10.1. The highest BCUT2D eigenvalue weighted by Crippen LogP contribution is 2.25. The maximum Gasteiger partial charge on any atom is 0.246 e. The molecule has 0 radical (unpaired) electrons. The summed E-state index contributed by atoms with van der Waals surface area (Å²) in [6.07, 6.45) is 0. The van der Waals surface area contributed by atoms with E-state index in [1.807, 2.05) is 61.5 Å². The molecule has 1 fully saturated rings. The lowest BCUT2D eigenvalue weighted by molar-refractivity contribution is -0.137. The summed E-state index contributed by atoms with van der Waals surface area (Å²) in [6, 6.07) is 17.2. The maximum absolute atomic E-state index is 12.6. The summed E-state index contributed by atoms with van der Waals surface area (Å²) >= 11 is 1.49. The first-order valence-electron chi connectivity index (χ1n) is 8.50. The average Bonchev–Trinajstić information content (AvgIpc) is 2.68. The van der Waals surface area contributed by atoms with Gasteiger partial charge in [0.2, 0.25) is 11.8 Å². The molecule has 1 atom stereocenters. The number of nitrogens with zero attached hydrogens (tertiary/aromatic N) is 2. The maximum atomic E-state index is 12.6. The van der Waals surface area contributed by atoms with Crippen molar-refractivity contribution < 1.29 is 14.3 Å². The molecule has 0 N–H and O–H groups in total. The summed E-state index contributed by atoms with van der Waals surface area (Å²) in [4.78, 5) is 29.6. The van der Waals surface area contributed by atoms with Crippen molar-refractivity contribution in [1.29, 1.82) is 0 Å². The lowest BCUT2D eigenvalue weighted by Gasteiger charge is -2.39. The number of carbonyl (C=O) groups is 2. The van der Waals surface area contributed by atoms with Gasteiger partial charge in [0.1, 0.15) is 12.3 Å². The van der Waals surface area contributed by atoms with E-state index < -0.39 is 0 Å². The molecule has 26 heavy (non-hydrogen) atoms. The molecule has 2 aromatic rings. The monoisotopic (exact) mass is 370 g/mol. The number of hydrogen-bond acceptors (Lipinski definition) is 4. The Morgan fingerprint density at radius 2 is 1.96 bits per heavy atom. The fraction of sp³-hybridized carbons (Fsp3) is 0.300. The van der Waals surface area contributed by atoms with Gasteiger partial charge in [0.25, 0.3) is 0 Å². The van der Waals surface area contributed by atoms with E-state index in [4.69, 9.17) is 4.74 Å². The van der Waals surface area contributed by atoms with Crippen molar-refractivity contribution in [1.82, 2.24) is 4.90 Å². The molecule has 0 bridgehead atoms. The summed E-state index contributed by atoms with van der Waals surface area (Å²) < 4.78 is 5.24. The van der Waals surface area contributed by atoms with Gasteiger partial charge in [0.05, 0.1) is 12.9 Å². The zero-order valence-corrected chi connectivity index (χ0v) is 15.7. The van der Waals surface area contributed by atoms with Gasteiger partial charge in [-0.05, 0) is 31.2 Å². The highest BCUT2D eigenvalue weighted by Gasteiger charge is 2.33. The van der Waals surface area contributed by atoms with Crippen LogP contribution in [0.3, 0.4) is 0 Å². The zero-order chi connectivity index (χ0) is 18.5. The lowest BCUT2D eigenvalue weighted by Crippen LogP contribution is -2.57. The molecule has 2 aromatic carbocycles. The summed E-state index contributed by atoms with van der Waals surface area (Å²) in [5.74, 6) is 0.959. The Kier molecular flexibility index (Phi) is 5.83. The van der Waals surface area contributed by atoms with Crippen LogP contribution in [0, 0.1) is 0 Å². The molecule has 0 aliphatic carbocycles. The Morgan fingerprint density at radius 1 is 1.19 bits per heavy atom. The van der Waals surface area contributed by atoms with Crippen LogP contribution in [0.4, 0.5) is 5.69 Å². The summed E-state index contributed by atoms with van der Waals surface area (Å²) in [6.45, 7) is 2.56. The normalized spacial score (nSPS) is 17.3. The van der Waals surface area contributed by atoms with E-state index in [2.05, 4.69) is 0 Å². The Labute approximate surface area is 157 Å². The van der Waals surface area contributed by atoms with E-state index in [-0.39, 0.29) is 24.4 Å². The number of piperazine rings is 1. The molecule has 1 aliphatic heterocycles. The average molecular weight is 370 g/mol. The first-order valence-corrected chi connectivity index (χ1v) is 9.49. The van der Waals surface area contributed by atoms with Crippen molar-refractivity contribution in [3.63, 3.8) is 0 Å². The largest absolute Gasteiger partial charge is 0.497 e. The van der Waals surface area contributed by atoms with E-state index in [0.717, 1.165) is 10.6 Å². The minimum atomic E-state index is -0.0746. The number of carbonyl (C=O) groups excluding carboxylic acids is 2. The van der Waals surface area contributed by atoms with Crippen LogP contribution in [0.1, 0.15) is 6.92 Å². The van der Waals surface area contributed by atoms with Gasteiger partial charge in [-0.2, -0.15) is 0 Å². The predicted octanol–water partition coefficient (Wildman–Crippen LogP) is 3.05. The SMILES string of the molecule is COc1cccc(N2CC(C)N(C(=O)CSc3ccccc3)CC2=O)c1. The van der Waals surface area contributed by atoms with Gasteiger partial charge in [-0.25, -0.2) is 0 Å². The highest BCUT2D eigenvalue weighted by molar-refractivity contribution is 8.00. The quantitative estimate of drug-likeness (QED) is 0.759. The third kappa shape index (κ3) is 4.19. The van der Waals surface area contributed by atoms with Gasteiger partial charge in [-0.3, -0.25) is 9.59 Å². The van der Waals surface area contributed by atoms with Crippen LogP contribution >= 0.6 is 11.8 Å². The number of thioether (sulfide) groups is 1. The Hall–Kier alpha value is -2.47. The molecule has 5 nitrogen and oxygen atoms in total. The molecule has 0 spiro atoms. The van der Waals surface area contributed by atoms with Crippen molar-refractivity contribution in [3.8, 4) is 5.75 Å². The third-order valence-corrected chi connectivity index (χ3v) is 5.37. The van der Waals surface area contributed by atoms with E-state index in [9.17, 15) is 9.59 Å². The predicted molar refractivity (Wildman–Crippen MR) is 104 cm³/mol. The molecule has 2 amide bonds. The van der Waals surface area contributed by atoms with Crippen LogP contribution in [0.15, 0.2) is 59.5 Å². The number of anilines is 1. The van der Waals surface area contributed by atoms with Gasteiger partial charge in [-0.1, -0.05) is 24.3 Å². The van der Waals surface area contributed by atoms with Gasteiger partial charge in [0, 0.05) is 29.2 Å². The van der Waals surface area contributed by atoms with Crippen molar-refractivity contribution in [2.75, 3.05) is 30.9 Å². The van der Waals surface area contributed by atoms with Crippen molar-refractivity contribution in [3.05, 3.63) is 54.6 Å². The first-order chi connectivity index (χ1) is 12.6. The van der Waals surface area contributed by atoms with Crippen molar-refractivity contribution in [2.24, 2.45) is 0 Å². The van der Waals surface area contributed by atoms with E-state index in [0.29, 0.717) is 18.0 Å². The number of hydrogen-bond donors (Lipinski definition) is 0. The Balaban J connectivity index is 1.64. The molecule has 1 aliphatic rings. The van der Waals surface area contributed by atoms with E-state index >= 15 is 0 Å². The Bertz CT molecular complexity index is 782. The van der Waals surface area contributed by atoms with Crippen LogP contribution < -0.4 is 9.64 Å². The van der Waals surface area contributed by atoms with Crippen molar-refractivity contribution in [2.45, 2.75) is 17.9 Å². The topological polar surface area (TPSA) is 49.9 Å². The van der Waals surface area contributed by atoms with Gasteiger partial charge >= 0.3 is 0 Å². The summed E-state index contributed by atoms with van der Waals surface area (Å²) in [5, 5.41) is 0. The molecule has 1 unspecified atom stereocenters. The second-order valence-corrected chi connectivity index (χ2v) is 7.23. The number of benzene rings is 2. The van der Waals surface area contributed by atoms with Crippen LogP contribution in [-0.2, 0) is 9.59 Å². The van der Waals surface area contributed by atoms with E-state index in [1.54, 1.807) is 16.9 Å². The van der Waals surface area contributed by atoms with Crippen molar-refractivity contribution >= 4 is 29.3 Å². The molecule has 0 saturated carbocycles. The molecular weight excluding hydrogens is 348 g/mol. The van der Waals surface area contributed by atoms with Crippen LogP contribution in [0.25, 0.3) is 0 Å². The highest BCUT2D eigenvalue weighted by atomic mass is 32.2. The molecule has 6 heteroatoms. The van der Waals surface area contributed by atoms with Crippen LogP contribution in [-0.4, -0.2) is 48.7 Å². The number of methoxy groups -OCH3 is 1. The van der Waals surface area contributed by atoms with E-state index in [1.165, 1.54) is 11.8 Å².